The molecule has 0 amide bonds. The molecule has 1 spiro atoms. The molecule has 1 aliphatic heterocycles. The van der Waals surface area contributed by atoms with Gasteiger partial charge in [-0.3, -0.25) is 0 Å². The minimum atomic E-state index is 0.269. The summed E-state index contributed by atoms with van der Waals surface area (Å²) >= 11 is 0. The lowest BCUT2D eigenvalue weighted by atomic mass is 9.79. The van der Waals surface area contributed by atoms with E-state index in [-0.39, 0.29) is 5.60 Å². The average Bonchev–Trinajstić information content (AvgIpc) is 3.10. The Morgan fingerprint density at radius 1 is 0.900 bits per heavy atom. The number of rotatable bonds is 5. The molecule has 0 radical (unpaired) electrons. The molecule has 20 heavy (non-hydrogen) atoms. The summed E-state index contributed by atoms with van der Waals surface area (Å²) in [6.45, 7) is 2.45. The van der Waals surface area contributed by atoms with Crippen LogP contribution in [0.25, 0.3) is 0 Å². The highest BCUT2D eigenvalue weighted by molar-refractivity contribution is 4.93. The van der Waals surface area contributed by atoms with E-state index in [1.807, 2.05) is 0 Å². The van der Waals surface area contributed by atoms with Crippen molar-refractivity contribution in [3.05, 3.63) is 0 Å². The van der Waals surface area contributed by atoms with Crippen LogP contribution in [0.4, 0.5) is 0 Å². The van der Waals surface area contributed by atoms with Gasteiger partial charge >= 0.3 is 0 Å². The van der Waals surface area contributed by atoms with E-state index in [0.717, 1.165) is 13.1 Å². The van der Waals surface area contributed by atoms with Gasteiger partial charge in [0.05, 0.1) is 11.7 Å². The molecule has 0 bridgehead atoms. The average molecular weight is 281 g/mol. The highest BCUT2D eigenvalue weighted by Gasteiger charge is 2.41. The second-order valence-electron chi connectivity index (χ2n) is 7.31. The van der Waals surface area contributed by atoms with Gasteiger partial charge in [-0.25, -0.2) is 0 Å². The van der Waals surface area contributed by atoms with Crippen molar-refractivity contribution in [1.29, 1.82) is 0 Å². The van der Waals surface area contributed by atoms with Crippen LogP contribution in [0.5, 0.6) is 0 Å². The van der Waals surface area contributed by atoms with Crippen molar-refractivity contribution in [2.75, 3.05) is 19.7 Å². The third kappa shape index (κ3) is 3.37. The molecular weight excluding hydrogens is 250 g/mol. The lowest BCUT2D eigenvalue weighted by Crippen LogP contribution is -2.37. The maximum Gasteiger partial charge on any atom is 0.0708 e. The Morgan fingerprint density at radius 2 is 1.65 bits per heavy atom. The van der Waals surface area contributed by atoms with Gasteiger partial charge < -0.3 is 15.2 Å². The molecule has 0 aromatic rings. The molecule has 0 aromatic heterocycles. The molecule has 3 rings (SSSR count). The fraction of sp³-hybridized carbons (Fsp3) is 1.00. The van der Waals surface area contributed by atoms with E-state index >= 15 is 0 Å². The minimum Gasteiger partial charge on any atom is -0.396 e. The molecule has 3 aliphatic rings. The SMILES string of the molecule is OCC1CCCCC1CNCC1CCC2(CCCC2)O1. The number of nitrogens with one attached hydrogen (secondary N) is 1. The molecule has 3 heteroatoms. The highest BCUT2D eigenvalue weighted by Crippen LogP contribution is 2.43. The molecular formula is C17H31NO2. The Kier molecular flexibility index (Phi) is 5.00. The van der Waals surface area contributed by atoms with Gasteiger partial charge in [-0.05, 0) is 56.9 Å². The lowest BCUT2D eigenvalue weighted by molar-refractivity contribution is -0.0356. The number of hydrogen-bond acceptors (Lipinski definition) is 3. The second-order valence-corrected chi connectivity index (χ2v) is 7.31. The normalized spacial score (nSPS) is 36.8. The van der Waals surface area contributed by atoms with E-state index < -0.39 is 0 Å². The molecule has 116 valence electrons. The van der Waals surface area contributed by atoms with Crippen LogP contribution in [0.1, 0.15) is 64.2 Å². The summed E-state index contributed by atoms with van der Waals surface area (Å²) in [5.74, 6) is 1.21. The van der Waals surface area contributed by atoms with Crippen LogP contribution < -0.4 is 5.32 Å². The van der Waals surface area contributed by atoms with Crippen molar-refractivity contribution < 1.29 is 9.84 Å². The smallest absolute Gasteiger partial charge is 0.0708 e. The van der Waals surface area contributed by atoms with Gasteiger partial charge in [0.1, 0.15) is 0 Å². The van der Waals surface area contributed by atoms with Crippen molar-refractivity contribution in [3.8, 4) is 0 Å². The van der Waals surface area contributed by atoms with Gasteiger partial charge in [-0.1, -0.05) is 25.7 Å². The Balaban J connectivity index is 1.37. The van der Waals surface area contributed by atoms with Crippen molar-refractivity contribution in [2.45, 2.75) is 75.9 Å². The van der Waals surface area contributed by atoms with Crippen molar-refractivity contribution in [1.82, 2.24) is 5.32 Å². The van der Waals surface area contributed by atoms with E-state index in [0.29, 0.717) is 24.5 Å². The topological polar surface area (TPSA) is 41.5 Å². The summed E-state index contributed by atoms with van der Waals surface area (Å²) in [4.78, 5) is 0. The van der Waals surface area contributed by atoms with Crippen LogP contribution in [0.3, 0.4) is 0 Å². The summed E-state index contributed by atoms with van der Waals surface area (Å²) in [5, 5.41) is 13.1. The molecule has 3 nitrogen and oxygen atoms in total. The number of aliphatic hydroxyl groups excluding tert-OH is 1. The van der Waals surface area contributed by atoms with Crippen LogP contribution in [0, 0.1) is 11.8 Å². The molecule has 2 aliphatic carbocycles. The summed E-state index contributed by atoms with van der Waals surface area (Å²) in [6, 6.07) is 0. The summed E-state index contributed by atoms with van der Waals surface area (Å²) in [6.07, 6.45) is 13.4. The Morgan fingerprint density at radius 3 is 2.40 bits per heavy atom. The Hall–Kier alpha value is -0.120. The second kappa shape index (κ2) is 6.76. The maximum absolute atomic E-state index is 9.46. The van der Waals surface area contributed by atoms with Crippen LogP contribution in [-0.4, -0.2) is 36.5 Å². The fourth-order valence-corrected chi connectivity index (χ4v) is 4.65. The third-order valence-corrected chi connectivity index (χ3v) is 5.93. The molecule has 3 unspecified atom stereocenters. The van der Waals surface area contributed by atoms with Crippen LogP contribution in [0.15, 0.2) is 0 Å². The van der Waals surface area contributed by atoms with Gasteiger partial charge in [0, 0.05) is 13.2 Å². The van der Waals surface area contributed by atoms with Crippen molar-refractivity contribution in [3.63, 3.8) is 0 Å². The zero-order chi connectivity index (χ0) is 13.8. The molecule has 3 atom stereocenters. The number of hydrogen-bond donors (Lipinski definition) is 2. The predicted molar refractivity (Wildman–Crippen MR) is 80.7 cm³/mol. The van der Waals surface area contributed by atoms with E-state index in [9.17, 15) is 5.11 Å². The van der Waals surface area contributed by atoms with Crippen LogP contribution >= 0.6 is 0 Å². The van der Waals surface area contributed by atoms with E-state index in [1.54, 1.807) is 0 Å². The van der Waals surface area contributed by atoms with Gasteiger partial charge in [-0.2, -0.15) is 0 Å². The van der Waals surface area contributed by atoms with Crippen LogP contribution in [0.2, 0.25) is 0 Å². The van der Waals surface area contributed by atoms with Crippen LogP contribution in [-0.2, 0) is 4.74 Å². The minimum absolute atomic E-state index is 0.269. The van der Waals surface area contributed by atoms with Crippen molar-refractivity contribution >= 4 is 0 Å². The molecule has 2 saturated carbocycles. The number of ether oxygens (including phenoxy) is 1. The van der Waals surface area contributed by atoms with E-state index in [2.05, 4.69) is 5.32 Å². The zero-order valence-corrected chi connectivity index (χ0v) is 12.8. The summed E-state index contributed by atoms with van der Waals surface area (Å²) in [5.41, 5.74) is 0.269. The zero-order valence-electron chi connectivity index (χ0n) is 12.8. The molecule has 1 heterocycles. The van der Waals surface area contributed by atoms with Gasteiger partial charge in [0.2, 0.25) is 0 Å². The van der Waals surface area contributed by atoms with Gasteiger partial charge in [0.25, 0.3) is 0 Å². The van der Waals surface area contributed by atoms with E-state index in [1.165, 1.54) is 64.2 Å². The first kappa shape index (κ1) is 14.8. The lowest BCUT2D eigenvalue weighted by Gasteiger charge is -2.31. The van der Waals surface area contributed by atoms with E-state index in [4.69, 9.17) is 4.74 Å². The monoisotopic (exact) mass is 281 g/mol. The molecule has 1 saturated heterocycles. The third-order valence-electron chi connectivity index (χ3n) is 5.93. The summed E-state index contributed by atoms with van der Waals surface area (Å²) < 4.78 is 6.34. The highest BCUT2D eigenvalue weighted by atomic mass is 16.5. The standard InChI is InChI=1S/C17H31NO2/c19-13-15-6-2-1-5-14(15)11-18-12-16-7-10-17(20-16)8-3-4-9-17/h14-16,18-19H,1-13H2. The Bertz CT molecular complexity index is 301. The van der Waals surface area contributed by atoms with Crippen molar-refractivity contribution in [2.24, 2.45) is 11.8 Å². The van der Waals surface area contributed by atoms with Gasteiger partial charge in [-0.15, -0.1) is 0 Å². The first-order valence-electron chi connectivity index (χ1n) is 8.81. The maximum atomic E-state index is 9.46. The molecule has 3 fully saturated rings. The first-order valence-corrected chi connectivity index (χ1v) is 8.81. The molecule has 2 N–H and O–H groups in total. The predicted octanol–water partition coefficient (Wildman–Crippen LogP) is 2.87. The molecule has 0 aromatic carbocycles. The quantitative estimate of drug-likeness (QED) is 0.814. The largest absolute Gasteiger partial charge is 0.396 e. The number of aliphatic hydroxyl groups is 1. The summed E-state index contributed by atoms with van der Waals surface area (Å²) in [7, 11) is 0. The van der Waals surface area contributed by atoms with Gasteiger partial charge in [0.15, 0.2) is 0 Å². The fourth-order valence-electron chi connectivity index (χ4n) is 4.65. The Labute approximate surface area is 123 Å². The first-order chi connectivity index (χ1) is 9.81.